The fraction of sp³-hybridized carbons (Fsp3) is 0.667. The molecular formula is C15H27N3. The third-order valence-corrected chi connectivity index (χ3v) is 3.40. The van der Waals surface area contributed by atoms with E-state index in [4.69, 9.17) is 5.84 Å². The van der Waals surface area contributed by atoms with Crippen molar-refractivity contribution in [3.63, 3.8) is 0 Å². The molecule has 0 fully saturated rings. The van der Waals surface area contributed by atoms with Gasteiger partial charge < -0.3 is 0 Å². The molecule has 1 heterocycles. The van der Waals surface area contributed by atoms with Crippen LogP contribution in [0.2, 0.25) is 0 Å². The Balaban J connectivity index is 2.13. The first kappa shape index (κ1) is 15.1. The number of unbranched alkanes of at least 4 members (excludes halogenated alkanes) is 4. The fourth-order valence-corrected chi connectivity index (χ4v) is 2.19. The van der Waals surface area contributed by atoms with Gasteiger partial charge in [0, 0.05) is 18.4 Å². The van der Waals surface area contributed by atoms with Gasteiger partial charge in [-0.1, -0.05) is 45.1 Å². The first-order valence-corrected chi connectivity index (χ1v) is 7.21. The van der Waals surface area contributed by atoms with Gasteiger partial charge in [0.05, 0.1) is 0 Å². The number of aryl methyl sites for hydroxylation is 1. The highest BCUT2D eigenvalue weighted by Gasteiger charge is 2.06. The zero-order chi connectivity index (χ0) is 13.1. The smallest absolute Gasteiger partial charge is 0.0299 e. The molecule has 0 saturated heterocycles. The van der Waals surface area contributed by atoms with E-state index < -0.39 is 0 Å². The van der Waals surface area contributed by atoms with E-state index >= 15 is 0 Å². The third-order valence-electron chi connectivity index (χ3n) is 3.40. The molecule has 0 bridgehead atoms. The summed E-state index contributed by atoms with van der Waals surface area (Å²) in [6, 6.07) is 4.55. The van der Waals surface area contributed by atoms with Crippen molar-refractivity contribution in [1.82, 2.24) is 10.4 Å². The highest BCUT2D eigenvalue weighted by atomic mass is 15.2. The molecule has 3 N–H and O–H groups in total. The molecule has 3 nitrogen and oxygen atoms in total. The molecular weight excluding hydrogens is 222 g/mol. The summed E-state index contributed by atoms with van der Waals surface area (Å²) in [6.45, 7) is 2.25. The molecule has 0 radical (unpaired) electrons. The Morgan fingerprint density at radius 1 is 1.22 bits per heavy atom. The SMILES string of the molecule is CCCCCCCC(CCc1cccnc1)NN. The summed E-state index contributed by atoms with van der Waals surface area (Å²) in [7, 11) is 0. The number of pyridine rings is 1. The lowest BCUT2D eigenvalue weighted by Crippen LogP contribution is -2.35. The predicted octanol–water partition coefficient (Wildman–Crippen LogP) is 3.21. The van der Waals surface area contributed by atoms with Crippen LogP contribution >= 0.6 is 0 Å². The van der Waals surface area contributed by atoms with E-state index in [0.717, 1.165) is 12.8 Å². The maximum absolute atomic E-state index is 5.61. The zero-order valence-corrected chi connectivity index (χ0v) is 11.6. The lowest BCUT2D eigenvalue weighted by Gasteiger charge is -2.15. The number of hydrogen-bond acceptors (Lipinski definition) is 3. The van der Waals surface area contributed by atoms with E-state index in [0.29, 0.717) is 6.04 Å². The summed E-state index contributed by atoms with van der Waals surface area (Å²) in [5.41, 5.74) is 4.24. The molecule has 102 valence electrons. The van der Waals surface area contributed by atoms with Crippen LogP contribution in [0, 0.1) is 0 Å². The van der Waals surface area contributed by atoms with Gasteiger partial charge in [0.2, 0.25) is 0 Å². The lowest BCUT2D eigenvalue weighted by atomic mass is 10.0. The van der Waals surface area contributed by atoms with Crippen molar-refractivity contribution in [1.29, 1.82) is 0 Å². The molecule has 0 aromatic carbocycles. The molecule has 1 rings (SSSR count). The van der Waals surface area contributed by atoms with Crippen LogP contribution in [0.1, 0.15) is 57.4 Å². The molecule has 1 aromatic heterocycles. The second kappa shape index (κ2) is 10.0. The third kappa shape index (κ3) is 6.72. The molecule has 0 saturated carbocycles. The van der Waals surface area contributed by atoms with E-state index in [1.165, 1.54) is 44.1 Å². The number of aromatic nitrogens is 1. The second-order valence-corrected chi connectivity index (χ2v) is 4.97. The molecule has 1 aromatic rings. The molecule has 1 unspecified atom stereocenters. The van der Waals surface area contributed by atoms with Crippen molar-refractivity contribution < 1.29 is 0 Å². The number of hydrogen-bond donors (Lipinski definition) is 2. The number of hydrazine groups is 1. The molecule has 0 spiro atoms. The first-order chi connectivity index (χ1) is 8.86. The van der Waals surface area contributed by atoms with Crippen molar-refractivity contribution in [3.8, 4) is 0 Å². The van der Waals surface area contributed by atoms with Gasteiger partial charge in [-0.25, -0.2) is 0 Å². The van der Waals surface area contributed by atoms with Crippen molar-refractivity contribution in [3.05, 3.63) is 30.1 Å². The van der Waals surface area contributed by atoms with E-state index in [1.54, 1.807) is 0 Å². The molecule has 0 aliphatic rings. The lowest BCUT2D eigenvalue weighted by molar-refractivity contribution is 0.439. The highest BCUT2D eigenvalue weighted by Crippen LogP contribution is 2.11. The Hall–Kier alpha value is -0.930. The molecule has 0 amide bonds. The Kier molecular flexibility index (Phi) is 8.43. The molecule has 18 heavy (non-hydrogen) atoms. The van der Waals surface area contributed by atoms with Gasteiger partial charge in [-0.3, -0.25) is 16.3 Å². The Bertz CT molecular complexity index is 287. The number of nitrogens with one attached hydrogen (secondary N) is 1. The van der Waals surface area contributed by atoms with Gasteiger partial charge in [-0.2, -0.15) is 0 Å². The average Bonchev–Trinajstić information content (AvgIpc) is 2.43. The minimum atomic E-state index is 0.437. The monoisotopic (exact) mass is 249 g/mol. The summed E-state index contributed by atoms with van der Waals surface area (Å²) in [4.78, 5) is 4.13. The van der Waals surface area contributed by atoms with E-state index in [9.17, 15) is 0 Å². The molecule has 3 heteroatoms. The summed E-state index contributed by atoms with van der Waals surface area (Å²) in [6.07, 6.45) is 13.7. The van der Waals surface area contributed by atoms with Crippen LogP contribution in [-0.2, 0) is 6.42 Å². The van der Waals surface area contributed by atoms with E-state index in [1.807, 2.05) is 18.5 Å². The summed E-state index contributed by atoms with van der Waals surface area (Å²) in [5, 5.41) is 0. The van der Waals surface area contributed by atoms with Crippen LogP contribution in [0.25, 0.3) is 0 Å². The normalized spacial score (nSPS) is 12.6. The quantitative estimate of drug-likeness (QED) is 0.380. The van der Waals surface area contributed by atoms with Gasteiger partial charge in [0.15, 0.2) is 0 Å². The van der Waals surface area contributed by atoms with Crippen LogP contribution in [0.15, 0.2) is 24.5 Å². The second-order valence-electron chi connectivity index (χ2n) is 4.97. The highest BCUT2D eigenvalue weighted by molar-refractivity contribution is 5.08. The summed E-state index contributed by atoms with van der Waals surface area (Å²) >= 11 is 0. The average molecular weight is 249 g/mol. The van der Waals surface area contributed by atoms with Crippen LogP contribution in [-0.4, -0.2) is 11.0 Å². The van der Waals surface area contributed by atoms with Gasteiger partial charge in [0.25, 0.3) is 0 Å². The minimum Gasteiger partial charge on any atom is -0.271 e. The van der Waals surface area contributed by atoms with Gasteiger partial charge in [0.1, 0.15) is 0 Å². The van der Waals surface area contributed by atoms with Crippen LogP contribution < -0.4 is 11.3 Å². The molecule has 0 aliphatic carbocycles. The Labute approximate surface area is 111 Å². The summed E-state index contributed by atoms with van der Waals surface area (Å²) < 4.78 is 0. The fourth-order valence-electron chi connectivity index (χ4n) is 2.19. The number of rotatable bonds is 10. The largest absolute Gasteiger partial charge is 0.271 e. The standard InChI is InChI=1S/C15H27N3/c1-2-3-4-5-6-9-15(18-16)11-10-14-8-7-12-17-13-14/h7-8,12-13,15,18H,2-6,9-11,16H2,1H3. The Morgan fingerprint density at radius 2 is 2.06 bits per heavy atom. The van der Waals surface area contributed by atoms with Crippen molar-refractivity contribution in [2.75, 3.05) is 0 Å². The van der Waals surface area contributed by atoms with Gasteiger partial charge in [-0.05, 0) is 30.9 Å². The Morgan fingerprint density at radius 3 is 2.72 bits per heavy atom. The van der Waals surface area contributed by atoms with E-state index in [-0.39, 0.29) is 0 Å². The maximum atomic E-state index is 5.61. The van der Waals surface area contributed by atoms with Crippen molar-refractivity contribution in [2.45, 2.75) is 64.3 Å². The summed E-state index contributed by atoms with van der Waals surface area (Å²) in [5.74, 6) is 5.61. The predicted molar refractivity (Wildman–Crippen MR) is 77.0 cm³/mol. The van der Waals surface area contributed by atoms with Crippen LogP contribution in [0.4, 0.5) is 0 Å². The topological polar surface area (TPSA) is 50.9 Å². The van der Waals surface area contributed by atoms with Gasteiger partial charge in [-0.15, -0.1) is 0 Å². The minimum absolute atomic E-state index is 0.437. The number of nitrogens with zero attached hydrogens (tertiary/aromatic N) is 1. The van der Waals surface area contributed by atoms with E-state index in [2.05, 4.69) is 23.4 Å². The van der Waals surface area contributed by atoms with Crippen LogP contribution in [0.3, 0.4) is 0 Å². The first-order valence-electron chi connectivity index (χ1n) is 7.21. The maximum Gasteiger partial charge on any atom is 0.0299 e. The number of nitrogens with two attached hydrogens (primary N) is 1. The molecule has 1 atom stereocenters. The zero-order valence-electron chi connectivity index (χ0n) is 11.6. The molecule has 0 aliphatic heterocycles. The van der Waals surface area contributed by atoms with Gasteiger partial charge >= 0.3 is 0 Å². The van der Waals surface area contributed by atoms with Crippen LogP contribution in [0.5, 0.6) is 0 Å². The van der Waals surface area contributed by atoms with Crippen molar-refractivity contribution in [2.24, 2.45) is 5.84 Å². The van der Waals surface area contributed by atoms with Crippen molar-refractivity contribution >= 4 is 0 Å².